The van der Waals surface area contributed by atoms with Gasteiger partial charge in [-0.25, -0.2) is 0 Å². The second-order valence-corrected chi connectivity index (χ2v) is 0.289. The zero-order valence-electron chi connectivity index (χ0n) is 2.16. The SMILES string of the molecule is [Gd+3].[O-]B([O-])[O-]. The quantitative estimate of drug-likeness (QED) is 0.388. The molecule has 0 aliphatic heterocycles. The molecule has 3 nitrogen and oxygen atoms in total. The molecule has 0 spiro atoms. The average molecular weight is 216 g/mol. The van der Waals surface area contributed by atoms with Gasteiger partial charge in [0, 0.05) is 0 Å². The van der Waals surface area contributed by atoms with Crippen LogP contribution in [-0.4, -0.2) is 7.32 Å². The molecule has 0 aromatic rings. The molecule has 0 unspecified atom stereocenters. The summed E-state index contributed by atoms with van der Waals surface area (Å²) in [6.07, 6.45) is 0. The Morgan fingerprint density at radius 1 is 1.00 bits per heavy atom. The Bertz CT molecular complexity index is 11.6. The van der Waals surface area contributed by atoms with Gasteiger partial charge in [-0.3, -0.25) is 7.32 Å². The average Bonchev–Trinajstić information content (AvgIpc) is 0.811. The van der Waals surface area contributed by atoms with E-state index in [1.54, 1.807) is 0 Å². The molecule has 29 valence electrons. The van der Waals surface area contributed by atoms with Gasteiger partial charge in [-0.15, -0.1) is 0 Å². The van der Waals surface area contributed by atoms with Crippen molar-refractivity contribution >= 4 is 7.32 Å². The monoisotopic (exact) mass is 217 g/mol. The maximum absolute atomic E-state index is 8.42. The molecule has 0 N–H and O–H groups in total. The van der Waals surface area contributed by atoms with Gasteiger partial charge >= 0.3 is 39.9 Å². The van der Waals surface area contributed by atoms with Crippen LogP contribution in [0.5, 0.6) is 0 Å². The number of hydrogen-bond donors (Lipinski definition) is 0. The van der Waals surface area contributed by atoms with Gasteiger partial charge in [0.05, 0.1) is 0 Å². The molecule has 1 radical (unpaired) electrons. The van der Waals surface area contributed by atoms with Crippen LogP contribution >= 0.6 is 0 Å². The first-order chi connectivity index (χ1) is 1.73. The second-order valence-electron chi connectivity index (χ2n) is 0.289. The molecule has 0 atom stereocenters. The van der Waals surface area contributed by atoms with Crippen molar-refractivity contribution in [2.45, 2.75) is 0 Å². The zero-order valence-corrected chi connectivity index (χ0v) is 4.42. The zero-order chi connectivity index (χ0) is 3.58. The van der Waals surface area contributed by atoms with Crippen molar-refractivity contribution in [1.82, 2.24) is 0 Å². The summed E-state index contributed by atoms with van der Waals surface area (Å²) in [6, 6.07) is 0. The van der Waals surface area contributed by atoms with E-state index >= 15 is 0 Å². The minimum absolute atomic E-state index is 0. The van der Waals surface area contributed by atoms with E-state index in [0.717, 1.165) is 0 Å². The molecule has 0 aliphatic carbocycles. The van der Waals surface area contributed by atoms with E-state index in [4.69, 9.17) is 15.1 Å². The van der Waals surface area contributed by atoms with Gasteiger partial charge < -0.3 is 15.1 Å². The molecule has 0 fully saturated rings. The van der Waals surface area contributed by atoms with Gasteiger partial charge in [0.25, 0.3) is 0 Å². The summed E-state index contributed by atoms with van der Waals surface area (Å²) in [4.78, 5) is 0. The van der Waals surface area contributed by atoms with Crippen molar-refractivity contribution in [2.75, 3.05) is 0 Å². The number of rotatable bonds is 0. The fourth-order valence-corrected chi connectivity index (χ4v) is 0. The molecule has 5 heteroatoms. The molecule has 0 aromatic heterocycles. The standard InChI is InChI=1S/BO3.Gd/c2-1(3)4;/q-3;+3. The Hall–Kier alpha value is 1.27. The molecule has 0 heterocycles. The van der Waals surface area contributed by atoms with Gasteiger partial charge in [0.15, 0.2) is 0 Å². The van der Waals surface area contributed by atoms with Crippen LogP contribution in [0.25, 0.3) is 0 Å². The summed E-state index contributed by atoms with van der Waals surface area (Å²) in [5.41, 5.74) is 0. The van der Waals surface area contributed by atoms with E-state index < -0.39 is 7.32 Å². The molecule has 0 aliphatic rings. The van der Waals surface area contributed by atoms with Gasteiger partial charge in [-0.1, -0.05) is 0 Å². The predicted molar refractivity (Wildman–Crippen MR) is 5.75 cm³/mol. The van der Waals surface area contributed by atoms with E-state index in [0.29, 0.717) is 0 Å². The summed E-state index contributed by atoms with van der Waals surface area (Å²) in [7, 11) is -2.92. The third-order valence-corrected chi connectivity index (χ3v) is 0. The smallest absolute Gasteiger partial charge is 0.907 e. The maximum atomic E-state index is 8.42. The predicted octanol–water partition coefficient (Wildman–Crippen LogP) is -3.95. The van der Waals surface area contributed by atoms with Crippen LogP contribution in [0.15, 0.2) is 0 Å². The van der Waals surface area contributed by atoms with E-state index in [1.165, 1.54) is 0 Å². The van der Waals surface area contributed by atoms with E-state index in [2.05, 4.69) is 0 Å². The molecular formula is BGdO3. The van der Waals surface area contributed by atoms with E-state index in [9.17, 15) is 0 Å². The van der Waals surface area contributed by atoms with Gasteiger partial charge in [-0.2, -0.15) is 0 Å². The first kappa shape index (κ1) is 9.55. The van der Waals surface area contributed by atoms with Crippen LogP contribution in [0, 0.1) is 39.9 Å². The van der Waals surface area contributed by atoms with Gasteiger partial charge in [0.2, 0.25) is 0 Å². The normalized spacial score (nSPS) is 5.40. The van der Waals surface area contributed by atoms with E-state index in [1.807, 2.05) is 0 Å². The molecule has 0 aromatic carbocycles. The third kappa shape index (κ3) is 34.9. The summed E-state index contributed by atoms with van der Waals surface area (Å²) < 4.78 is 0. The van der Waals surface area contributed by atoms with Crippen LogP contribution in [0.3, 0.4) is 0 Å². The molecule has 0 amide bonds. The summed E-state index contributed by atoms with van der Waals surface area (Å²) in [5, 5.41) is 25.2. The maximum Gasteiger partial charge on any atom is 3.00 e. The summed E-state index contributed by atoms with van der Waals surface area (Å²) in [6.45, 7) is 0. The van der Waals surface area contributed by atoms with E-state index in [-0.39, 0.29) is 39.9 Å². The third-order valence-electron chi connectivity index (χ3n) is 0. The Balaban J connectivity index is 0. The Labute approximate surface area is 61.9 Å². The first-order valence-electron chi connectivity index (χ1n) is 0.707. The van der Waals surface area contributed by atoms with Crippen molar-refractivity contribution < 1.29 is 55.0 Å². The molecule has 0 bridgehead atoms. The Morgan fingerprint density at radius 2 is 1.00 bits per heavy atom. The van der Waals surface area contributed by atoms with Crippen LogP contribution < -0.4 is 15.1 Å². The van der Waals surface area contributed by atoms with Crippen molar-refractivity contribution in [1.29, 1.82) is 0 Å². The van der Waals surface area contributed by atoms with Crippen LogP contribution in [0.1, 0.15) is 0 Å². The summed E-state index contributed by atoms with van der Waals surface area (Å²) >= 11 is 0. The Kier molecular flexibility index (Phi) is 10.1. The largest absolute Gasteiger partial charge is 3.00 e. The molecular weight excluding hydrogens is 216 g/mol. The number of hydrogen-bond acceptors (Lipinski definition) is 3. The first-order valence-corrected chi connectivity index (χ1v) is 0.707. The van der Waals surface area contributed by atoms with Crippen LogP contribution in [-0.2, 0) is 0 Å². The molecule has 0 saturated heterocycles. The van der Waals surface area contributed by atoms with Crippen molar-refractivity contribution in [3.05, 3.63) is 0 Å². The topological polar surface area (TPSA) is 69.2 Å². The summed E-state index contributed by atoms with van der Waals surface area (Å²) in [5.74, 6) is 0. The van der Waals surface area contributed by atoms with Crippen molar-refractivity contribution in [3.63, 3.8) is 0 Å². The molecule has 5 heavy (non-hydrogen) atoms. The van der Waals surface area contributed by atoms with Crippen LogP contribution in [0.4, 0.5) is 0 Å². The minimum Gasteiger partial charge on any atom is -0.907 e. The van der Waals surface area contributed by atoms with Gasteiger partial charge in [-0.05, 0) is 0 Å². The van der Waals surface area contributed by atoms with Crippen molar-refractivity contribution in [3.8, 4) is 0 Å². The fourth-order valence-electron chi connectivity index (χ4n) is 0. The molecule has 0 saturated carbocycles. The van der Waals surface area contributed by atoms with Crippen molar-refractivity contribution in [2.24, 2.45) is 0 Å². The minimum atomic E-state index is -2.92. The van der Waals surface area contributed by atoms with Gasteiger partial charge in [0.1, 0.15) is 0 Å². The Morgan fingerprint density at radius 3 is 1.00 bits per heavy atom. The molecule has 0 rings (SSSR count). The fraction of sp³-hybridized carbons (Fsp3) is 0. The van der Waals surface area contributed by atoms with Crippen LogP contribution in [0.2, 0.25) is 0 Å². The second kappa shape index (κ2) is 5.27.